The summed E-state index contributed by atoms with van der Waals surface area (Å²) in [6.07, 6.45) is 0. The summed E-state index contributed by atoms with van der Waals surface area (Å²) >= 11 is 5.85. The van der Waals surface area contributed by atoms with Gasteiger partial charge in [0.2, 0.25) is 0 Å². The molecule has 0 aliphatic heterocycles. The predicted octanol–water partition coefficient (Wildman–Crippen LogP) is 5.16. The molecule has 2 aromatic rings. The number of hydrogen-bond donors (Lipinski definition) is 1. The quantitative estimate of drug-likeness (QED) is 0.630. The molecule has 3 nitrogen and oxygen atoms in total. The van der Waals surface area contributed by atoms with E-state index in [1.807, 2.05) is 19.2 Å². The van der Waals surface area contributed by atoms with Gasteiger partial charge in [-0.15, -0.1) is 0 Å². The molecule has 1 aromatic heterocycles. The van der Waals surface area contributed by atoms with Crippen molar-refractivity contribution in [2.45, 2.75) is 33.1 Å². The second-order valence-electron chi connectivity index (χ2n) is 6.02. The van der Waals surface area contributed by atoms with Crippen LogP contribution in [0, 0.1) is 10.5 Å². The highest BCUT2D eigenvalue weighted by molar-refractivity contribution is 14.1. The highest BCUT2D eigenvalue weighted by Crippen LogP contribution is 2.32. The second-order valence-corrected chi connectivity index (χ2v) is 7.96. The molecule has 0 radical (unpaired) electrons. The van der Waals surface area contributed by atoms with Gasteiger partial charge < -0.3 is 5.32 Å². The van der Waals surface area contributed by atoms with Gasteiger partial charge in [0, 0.05) is 22.5 Å². The van der Waals surface area contributed by atoms with Crippen molar-refractivity contribution in [1.82, 2.24) is 9.97 Å². The zero-order valence-corrected chi connectivity index (χ0v) is 16.6. The SMILES string of the molecule is CNc1nc(-c2ccc(Br)c(C)c2)nc(C(C)(C)C)c1I. The third-order valence-corrected chi connectivity index (χ3v) is 5.13. The maximum atomic E-state index is 4.82. The number of nitrogens with one attached hydrogen (secondary N) is 1. The summed E-state index contributed by atoms with van der Waals surface area (Å²) in [5.74, 6) is 1.64. The standard InChI is InChI=1S/C16H19BrIN3/c1-9-8-10(6-7-11(9)17)14-20-13(16(2,3)4)12(18)15(19-5)21-14/h6-8H,1-5H3,(H,19,20,21). The first-order chi connectivity index (χ1) is 9.74. The van der Waals surface area contributed by atoms with Crippen LogP contribution in [0.3, 0.4) is 0 Å². The number of nitrogens with zero attached hydrogens (tertiary/aromatic N) is 2. The fourth-order valence-corrected chi connectivity index (χ4v) is 3.59. The Morgan fingerprint density at radius 1 is 1.19 bits per heavy atom. The van der Waals surface area contributed by atoms with E-state index in [1.54, 1.807) is 0 Å². The minimum absolute atomic E-state index is 0.0236. The summed E-state index contributed by atoms with van der Waals surface area (Å²) in [5, 5.41) is 3.18. The maximum absolute atomic E-state index is 4.82. The predicted molar refractivity (Wildman–Crippen MR) is 101 cm³/mol. The molecule has 0 atom stereocenters. The monoisotopic (exact) mass is 459 g/mol. The highest BCUT2D eigenvalue weighted by Gasteiger charge is 2.23. The van der Waals surface area contributed by atoms with Gasteiger partial charge in [-0.25, -0.2) is 9.97 Å². The Hall–Kier alpha value is -0.690. The molecule has 2 rings (SSSR count). The summed E-state index contributed by atoms with van der Waals surface area (Å²) in [5.41, 5.74) is 3.26. The van der Waals surface area contributed by atoms with Crippen molar-refractivity contribution in [3.63, 3.8) is 0 Å². The fraction of sp³-hybridized carbons (Fsp3) is 0.375. The Bertz CT molecular complexity index is 678. The van der Waals surface area contributed by atoms with Gasteiger partial charge in [-0.3, -0.25) is 0 Å². The minimum atomic E-state index is -0.0236. The number of halogens is 2. The van der Waals surface area contributed by atoms with Crippen LogP contribution >= 0.6 is 38.5 Å². The molecule has 0 saturated heterocycles. The summed E-state index contributed by atoms with van der Waals surface area (Å²) in [4.78, 5) is 9.48. The molecule has 1 aromatic carbocycles. The van der Waals surface area contributed by atoms with Crippen LogP contribution in [0.5, 0.6) is 0 Å². The Labute approximate surface area is 148 Å². The molecule has 0 fully saturated rings. The lowest BCUT2D eigenvalue weighted by atomic mass is 9.91. The van der Waals surface area contributed by atoms with E-state index in [9.17, 15) is 0 Å². The van der Waals surface area contributed by atoms with Crippen LogP contribution in [0.15, 0.2) is 22.7 Å². The smallest absolute Gasteiger partial charge is 0.161 e. The number of aromatic nitrogens is 2. The van der Waals surface area contributed by atoms with Gasteiger partial charge in [0.15, 0.2) is 5.82 Å². The number of rotatable bonds is 2. The van der Waals surface area contributed by atoms with Crippen LogP contribution in [-0.4, -0.2) is 17.0 Å². The highest BCUT2D eigenvalue weighted by atomic mass is 127. The minimum Gasteiger partial charge on any atom is -0.372 e. The number of aryl methyl sites for hydroxylation is 1. The van der Waals surface area contributed by atoms with E-state index < -0.39 is 0 Å². The summed E-state index contributed by atoms with van der Waals surface area (Å²) in [6, 6.07) is 6.20. The molecule has 0 amide bonds. The van der Waals surface area contributed by atoms with Crippen molar-refractivity contribution < 1.29 is 0 Å². The van der Waals surface area contributed by atoms with Crippen LogP contribution in [0.25, 0.3) is 11.4 Å². The van der Waals surface area contributed by atoms with Gasteiger partial charge in [0.1, 0.15) is 5.82 Å². The lowest BCUT2D eigenvalue weighted by molar-refractivity contribution is 0.564. The van der Waals surface area contributed by atoms with E-state index in [4.69, 9.17) is 4.98 Å². The summed E-state index contributed by atoms with van der Waals surface area (Å²) in [6.45, 7) is 8.60. The Morgan fingerprint density at radius 2 is 1.86 bits per heavy atom. The Balaban J connectivity index is 2.66. The van der Waals surface area contributed by atoms with Crippen molar-refractivity contribution >= 4 is 44.3 Å². The third-order valence-electron chi connectivity index (χ3n) is 3.21. The van der Waals surface area contributed by atoms with Crippen LogP contribution in [0.1, 0.15) is 32.0 Å². The lowest BCUT2D eigenvalue weighted by Gasteiger charge is -2.21. The molecule has 1 N–H and O–H groups in total. The van der Waals surface area contributed by atoms with Crippen LogP contribution in [0.4, 0.5) is 5.82 Å². The van der Waals surface area contributed by atoms with Crippen LogP contribution in [0.2, 0.25) is 0 Å². The molecular weight excluding hydrogens is 441 g/mol. The van der Waals surface area contributed by atoms with Crippen molar-refractivity contribution in [3.8, 4) is 11.4 Å². The first-order valence-corrected chi connectivity index (χ1v) is 8.63. The summed E-state index contributed by atoms with van der Waals surface area (Å²) < 4.78 is 2.18. The normalized spacial score (nSPS) is 11.6. The molecule has 0 unspecified atom stereocenters. The third kappa shape index (κ3) is 3.56. The molecule has 112 valence electrons. The maximum Gasteiger partial charge on any atom is 0.161 e. The zero-order valence-electron chi connectivity index (χ0n) is 12.9. The van der Waals surface area contributed by atoms with Crippen LogP contribution in [-0.2, 0) is 5.41 Å². The van der Waals surface area contributed by atoms with Gasteiger partial charge in [0.25, 0.3) is 0 Å². The molecular formula is C16H19BrIN3. The lowest BCUT2D eigenvalue weighted by Crippen LogP contribution is -2.18. The molecule has 0 aliphatic rings. The van der Waals surface area contributed by atoms with E-state index >= 15 is 0 Å². The molecule has 0 aliphatic carbocycles. The number of hydrogen-bond acceptors (Lipinski definition) is 3. The molecule has 5 heteroatoms. The second kappa shape index (κ2) is 6.20. The van der Waals surface area contributed by atoms with E-state index in [0.717, 1.165) is 30.9 Å². The largest absolute Gasteiger partial charge is 0.372 e. The molecule has 21 heavy (non-hydrogen) atoms. The summed E-state index contributed by atoms with van der Waals surface area (Å²) in [7, 11) is 1.90. The Kier molecular flexibility index (Phi) is 4.92. The van der Waals surface area contributed by atoms with Gasteiger partial charge in [-0.2, -0.15) is 0 Å². The van der Waals surface area contributed by atoms with E-state index in [1.165, 1.54) is 5.56 Å². The topological polar surface area (TPSA) is 37.8 Å². The van der Waals surface area contributed by atoms with Crippen LogP contribution < -0.4 is 5.32 Å². The van der Waals surface area contributed by atoms with Crippen molar-refractivity contribution in [2.24, 2.45) is 0 Å². The van der Waals surface area contributed by atoms with Gasteiger partial charge >= 0.3 is 0 Å². The molecule has 0 spiro atoms. The Morgan fingerprint density at radius 3 is 2.38 bits per heavy atom. The van der Waals surface area contributed by atoms with Crippen molar-refractivity contribution in [2.75, 3.05) is 12.4 Å². The molecule has 1 heterocycles. The van der Waals surface area contributed by atoms with E-state index in [2.05, 4.69) is 82.6 Å². The van der Waals surface area contributed by atoms with Crippen molar-refractivity contribution in [1.29, 1.82) is 0 Å². The fourth-order valence-electron chi connectivity index (χ4n) is 2.02. The van der Waals surface area contributed by atoms with E-state index in [0.29, 0.717) is 0 Å². The van der Waals surface area contributed by atoms with Gasteiger partial charge in [-0.1, -0.05) is 42.8 Å². The van der Waals surface area contributed by atoms with E-state index in [-0.39, 0.29) is 5.41 Å². The van der Waals surface area contributed by atoms with Crippen molar-refractivity contribution in [3.05, 3.63) is 37.5 Å². The van der Waals surface area contributed by atoms with Gasteiger partial charge in [-0.05, 0) is 47.2 Å². The first kappa shape index (κ1) is 16.7. The molecule has 0 saturated carbocycles. The first-order valence-electron chi connectivity index (χ1n) is 6.76. The zero-order chi connectivity index (χ0) is 15.8. The van der Waals surface area contributed by atoms with Gasteiger partial charge in [0.05, 0.1) is 9.26 Å². The number of anilines is 1. The number of benzene rings is 1. The average molecular weight is 460 g/mol. The molecule has 0 bridgehead atoms. The average Bonchev–Trinajstić information content (AvgIpc) is 2.41.